The molecule has 0 spiro atoms. The molecule has 0 bridgehead atoms. The molecular weight excluding hydrogens is 245 g/mol. The summed E-state index contributed by atoms with van der Waals surface area (Å²) in [7, 11) is 0. The minimum Gasteiger partial charge on any atom is -0.364 e. The molecule has 6 heteroatoms. The van der Waals surface area contributed by atoms with Crippen LogP contribution in [0.1, 0.15) is 16.1 Å². The average molecular weight is 254 g/mol. The van der Waals surface area contributed by atoms with E-state index in [1.54, 1.807) is 13.0 Å². The van der Waals surface area contributed by atoms with E-state index in [1.165, 1.54) is 12.1 Å². The van der Waals surface area contributed by atoms with Gasteiger partial charge in [-0.2, -0.15) is 5.10 Å². The smallest absolute Gasteiger partial charge is 0.266 e. The highest BCUT2D eigenvalue weighted by Gasteiger charge is 2.16. The lowest BCUT2D eigenvalue weighted by Gasteiger charge is -2.05. The zero-order valence-electron chi connectivity index (χ0n) is 8.92. The van der Waals surface area contributed by atoms with Crippen molar-refractivity contribution in [2.45, 2.75) is 6.92 Å². The van der Waals surface area contributed by atoms with Crippen LogP contribution in [0.2, 0.25) is 5.02 Å². The first-order valence-electron chi connectivity index (χ1n) is 4.81. The van der Waals surface area contributed by atoms with Crippen molar-refractivity contribution in [3.63, 3.8) is 0 Å². The Morgan fingerprint density at radius 2 is 2.24 bits per heavy atom. The van der Waals surface area contributed by atoms with E-state index in [-0.39, 0.29) is 22.0 Å². The Kier molecular flexibility index (Phi) is 2.85. The van der Waals surface area contributed by atoms with Gasteiger partial charge in [-0.25, -0.2) is 4.39 Å². The summed E-state index contributed by atoms with van der Waals surface area (Å²) in [6.45, 7) is 1.76. The van der Waals surface area contributed by atoms with Crippen molar-refractivity contribution >= 4 is 17.5 Å². The summed E-state index contributed by atoms with van der Waals surface area (Å²) in [5, 5.41) is 6.52. The maximum absolute atomic E-state index is 13.7. The molecule has 0 aliphatic heterocycles. The van der Waals surface area contributed by atoms with E-state index < -0.39 is 11.7 Å². The van der Waals surface area contributed by atoms with Crippen molar-refractivity contribution < 1.29 is 9.18 Å². The van der Waals surface area contributed by atoms with Gasteiger partial charge in [0.1, 0.15) is 11.5 Å². The zero-order valence-corrected chi connectivity index (χ0v) is 9.68. The van der Waals surface area contributed by atoms with Crippen molar-refractivity contribution in [3.8, 4) is 11.3 Å². The first-order chi connectivity index (χ1) is 8.00. The molecule has 3 N–H and O–H groups in total. The third-order valence-corrected chi connectivity index (χ3v) is 2.87. The van der Waals surface area contributed by atoms with Crippen LogP contribution in [-0.2, 0) is 0 Å². The molecule has 0 aliphatic rings. The van der Waals surface area contributed by atoms with Crippen LogP contribution in [-0.4, -0.2) is 16.1 Å². The number of aromatic amines is 1. The monoisotopic (exact) mass is 253 g/mol. The number of carbonyl (C=O) groups is 1. The van der Waals surface area contributed by atoms with E-state index in [2.05, 4.69) is 10.2 Å². The molecular formula is C11H9ClFN3O. The van der Waals surface area contributed by atoms with Gasteiger partial charge in [0.25, 0.3) is 5.91 Å². The van der Waals surface area contributed by atoms with E-state index in [0.29, 0.717) is 0 Å². The van der Waals surface area contributed by atoms with Crippen LogP contribution in [0.4, 0.5) is 4.39 Å². The Morgan fingerprint density at radius 3 is 2.82 bits per heavy atom. The normalized spacial score (nSPS) is 10.5. The maximum atomic E-state index is 13.7. The van der Waals surface area contributed by atoms with Gasteiger partial charge < -0.3 is 5.73 Å². The second-order valence-electron chi connectivity index (χ2n) is 3.58. The Labute approximate surface area is 102 Å². The lowest BCUT2D eigenvalue weighted by molar-refractivity contribution is 0.0995. The van der Waals surface area contributed by atoms with Crippen LogP contribution in [0.15, 0.2) is 18.2 Å². The molecule has 88 valence electrons. The number of nitrogens with two attached hydrogens (primary N) is 1. The number of benzene rings is 1. The quantitative estimate of drug-likeness (QED) is 0.862. The van der Waals surface area contributed by atoms with Crippen LogP contribution in [0, 0.1) is 12.7 Å². The summed E-state index contributed by atoms with van der Waals surface area (Å²) in [6, 6.07) is 4.24. The van der Waals surface area contributed by atoms with Gasteiger partial charge in [-0.1, -0.05) is 17.7 Å². The Morgan fingerprint density at radius 1 is 1.53 bits per heavy atom. The second kappa shape index (κ2) is 4.18. The summed E-state index contributed by atoms with van der Waals surface area (Å²) in [5.74, 6) is -1.16. The number of carbonyl (C=O) groups excluding carboxylic acids is 1. The number of H-pyrrole nitrogens is 1. The minimum absolute atomic E-state index is 0.108. The second-order valence-corrected chi connectivity index (χ2v) is 3.96. The molecule has 0 saturated heterocycles. The third kappa shape index (κ3) is 2.01. The van der Waals surface area contributed by atoms with E-state index >= 15 is 0 Å². The van der Waals surface area contributed by atoms with Gasteiger partial charge in [-0.15, -0.1) is 0 Å². The first kappa shape index (κ1) is 11.6. The van der Waals surface area contributed by atoms with Crippen LogP contribution < -0.4 is 5.73 Å². The summed E-state index contributed by atoms with van der Waals surface area (Å²) >= 11 is 6.01. The molecule has 1 aromatic heterocycles. The standard InChI is InChI=1S/C11H9ClFN3O/c1-5-2-3-6(13)9(10(5)12)7-4-8(11(14)17)16-15-7/h2-4H,1H3,(H2,14,17)(H,15,16). The highest BCUT2D eigenvalue weighted by Crippen LogP contribution is 2.32. The number of rotatable bonds is 2. The van der Waals surface area contributed by atoms with Gasteiger partial charge in [-0.05, 0) is 24.6 Å². The lowest BCUT2D eigenvalue weighted by Crippen LogP contribution is -2.10. The van der Waals surface area contributed by atoms with Crippen molar-refractivity contribution in [1.29, 1.82) is 0 Å². The molecule has 1 aromatic carbocycles. The fourth-order valence-electron chi connectivity index (χ4n) is 1.47. The number of hydrogen-bond acceptors (Lipinski definition) is 2. The van der Waals surface area contributed by atoms with Gasteiger partial charge in [0, 0.05) is 0 Å². The van der Waals surface area contributed by atoms with Crippen molar-refractivity contribution in [2.24, 2.45) is 5.73 Å². The Hall–Kier alpha value is -1.88. The van der Waals surface area contributed by atoms with E-state index in [0.717, 1.165) is 5.56 Å². The number of primary amides is 1. The molecule has 0 aliphatic carbocycles. The number of nitrogens with one attached hydrogen (secondary N) is 1. The van der Waals surface area contributed by atoms with Crippen LogP contribution >= 0.6 is 11.6 Å². The fourth-order valence-corrected chi connectivity index (χ4v) is 1.72. The number of aromatic nitrogens is 2. The van der Waals surface area contributed by atoms with E-state index in [9.17, 15) is 9.18 Å². The SMILES string of the molecule is Cc1ccc(F)c(-c2cc(C(N)=O)[nH]n2)c1Cl. The number of nitrogens with zero attached hydrogens (tertiary/aromatic N) is 1. The molecule has 4 nitrogen and oxygen atoms in total. The van der Waals surface area contributed by atoms with Crippen LogP contribution in [0.3, 0.4) is 0 Å². The predicted octanol–water partition coefficient (Wildman–Crippen LogP) is 2.28. The largest absolute Gasteiger partial charge is 0.364 e. The van der Waals surface area contributed by atoms with Gasteiger partial charge in [-0.3, -0.25) is 9.89 Å². The average Bonchev–Trinajstić information content (AvgIpc) is 2.73. The van der Waals surface area contributed by atoms with E-state index in [4.69, 9.17) is 17.3 Å². The van der Waals surface area contributed by atoms with Crippen LogP contribution in [0.5, 0.6) is 0 Å². The molecule has 0 radical (unpaired) electrons. The molecule has 17 heavy (non-hydrogen) atoms. The molecule has 1 amide bonds. The molecule has 0 atom stereocenters. The summed E-state index contributed by atoms with van der Waals surface area (Å²) in [4.78, 5) is 10.9. The summed E-state index contributed by atoms with van der Waals surface area (Å²) in [6.07, 6.45) is 0. The molecule has 2 aromatic rings. The zero-order chi connectivity index (χ0) is 12.6. The van der Waals surface area contributed by atoms with Gasteiger partial charge >= 0.3 is 0 Å². The van der Waals surface area contributed by atoms with Gasteiger partial charge in [0.2, 0.25) is 0 Å². The van der Waals surface area contributed by atoms with Crippen molar-refractivity contribution in [3.05, 3.63) is 40.3 Å². The first-order valence-corrected chi connectivity index (χ1v) is 5.18. The number of hydrogen-bond donors (Lipinski definition) is 2. The van der Waals surface area contributed by atoms with Crippen LogP contribution in [0.25, 0.3) is 11.3 Å². The molecule has 1 heterocycles. The predicted molar refractivity (Wildman–Crippen MR) is 62.2 cm³/mol. The highest BCUT2D eigenvalue weighted by atomic mass is 35.5. The molecule has 0 unspecified atom stereocenters. The Balaban J connectivity index is 2.60. The summed E-state index contributed by atoms with van der Waals surface area (Å²) < 4.78 is 13.7. The molecule has 0 saturated carbocycles. The minimum atomic E-state index is -0.659. The topological polar surface area (TPSA) is 71.8 Å². The third-order valence-electron chi connectivity index (χ3n) is 2.38. The number of halogens is 2. The van der Waals surface area contributed by atoms with Crippen molar-refractivity contribution in [1.82, 2.24) is 10.2 Å². The lowest BCUT2D eigenvalue weighted by atomic mass is 10.1. The fraction of sp³-hybridized carbons (Fsp3) is 0.0909. The van der Waals surface area contributed by atoms with Crippen molar-refractivity contribution in [2.75, 3.05) is 0 Å². The van der Waals surface area contributed by atoms with E-state index in [1.807, 2.05) is 0 Å². The molecule has 0 fully saturated rings. The van der Waals surface area contributed by atoms with Gasteiger partial charge in [0.05, 0.1) is 16.3 Å². The summed E-state index contributed by atoms with van der Waals surface area (Å²) in [5.41, 5.74) is 6.33. The Bertz CT molecular complexity index is 594. The maximum Gasteiger partial charge on any atom is 0.266 e. The number of amides is 1. The molecule has 2 rings (SSSR count). The number of aryl methyl sites for hydroxylation is 1. The highest BCUT2D eigenvalue weighted by molar-refractivity contribution is 6.34. The van der Waals surface area contributed by atoms with Gasteiger partial charge in [0.15, 0.2) is 0 Å².